The molecule has 4 aromatic carbocycles. The zero-order valence-corrected chi connectivity index (χ0v) is 50.7. The van der Waals surface area contributed by atoms with Gasteiger partial charge in [0.05, 0.1) is 22.5 Å². The van der Waals surface area contributed by atoms with Gasteiger partial charge in [-0.05, 0) is 144 Å². The summed E-state index contributed by atoms with van der Waals surface area (Å²) in [5.74, 6) is 2.25. The molecule has 4 aromatic heterocycles. The largest absolute Gasteiger partial charge is 0.416 e. The number of alkyl halides is 6. The van der Waals surface area contributed by atoms with Crippen molar-refractivity contribution in [2.45, 2.75) is 83.0 Å². The Hall–Kier alpha value is -9.02. The highest BCUT2D eigenvalue weighted by atomic mass is 19.4. The standard InChI is InChI=1S/C64H73F6N19O2/c1-41-11-13-49(79-61(90)43-7-4-9-45(29-43)63(65,66)67)31-53(41)81-59-33-52(84-88(59)57-35-55(73-39-75-57)77-47-15-16-47)38-72-21-24-87-27-25-86(26-28-87)23-19-42-12-14-50(80-62(91)44-8-5-10-46(30-44)64(68,69)70)32-54(42)82-60-34-51(37-71-20-6-22-85(2)3)83-89(60)58-36-56(74-40-76-58)78-48-17-18-48/h4-5,7-14,29-36,39-40,47-48,71-72,81-82H,6,15-28,37-38H2,1-3H3,(H,79,90)(H,80,91)(H,73,75,77)(H,74,76,78). The van der Waals surface area contributed by atoms with Crippen molar-refractivity contribution in [3.05, 3.63) is 167 Å². The van der Waals surface area contributed by atoms with E-state index in [2.05, 4.69) is 77.2 Å². The second kappa shape index (κ2) is 28.4. The van der Waals surface area contributed by atoms with Gasteiger partial charge < -0.3 is 52.3 Å². The first-order valence-corrected chi connectivity index (χ1v) is 30.4. The van der Waals surface area contributed by atoms with Crippen molar-refractivity contribution >= 4 is 57.8 Å². The van der Waals surface area contributed by atoms with Crippen LogP contribution in [0.15, 0.2) is 122 Å². The molecule has 478 valence electrons. The number of hydrogen-bond donors (Lipinski definition) is 8. The fourth-order valence-corrected chi connectivity index (χ4v) is 10.4. The molecular weight excluding hydrogens is 1180 g/mol. The van der Waals surface area contributed by atoms with Crippen molar-refractivity contribution in [3.63, 3.8) is 0 Å². The molecule has 8 N–H and O–H groups in total. The Morgan fingerprint density at radius 3 is 1.58 bits per heavy atom. The van der Waals surface area contributed by atoms with Crippen LogP contribution in [0.3, 0.4) is 0 Å². The summed E-state index contributed by atoms with van der Waals surface area (Å²) in [6, 6.07) is 27.6. The molecule has 1 saturated heterocycles. The number of hydrogen-bond acceptors (Lipinski definition) is 17. The van der Waals surface area contributed by atoms with Gasteiger partial charge in [0.2, 0.25) is 0 Å². The van der Waals surface area contributed by atoms with Gasteiger partial charge in [0.25, 0.3) is 11.8 Å². The van der Waals surface area contributed by atoms with Crippen LogP contribution in [0.4, 0.5) is 72.4 Å². The summed E-state index contributed by atoms with van der Waals surface area (Å²) in [6.07, 6.45) is -0.410. The lowest BCUT2D eigenvalue weighted by atomic mass is 10.1. The zero-order chi connectivity index (χ0) is 63.7. The average Bonchev–Trinajstić information content (AvgIpc) is 2.04. The molecule has 2 aliphatic carbocycles. The molecule has 0 atom stereocenters. The molecular formula is C64H73F6N19O2. The Bertz CT molecular complexity index is 3820. The van der Waals surface area contributed by atoms with Gasteiger partial charge in [-0.3, -0.25) is 14.5 Å². The van der Waals surface area contributed by atoms with E-state index < -0.39 is 35.3 Å². The number of aromatic nitrogens is 8. The normalized spacial score (nSPS) is 14.8. The second-order valence-corrected chi connectivity index (χ2v) is 23.4. The summed E-state index contributed by atoms with van der Waals surface area (Å²) in [6.45, 7) is 10.0. The number of amides is 2. The molecule has 27 heteroatoms. The molecule has 0 spiro atoms. The predicted octanol–water partition coefficient (Wildman–Crippen LogP) is 10.1. The molecule has 1 aliphatic heterocycles. The number of rotatable bonds is 28. The van der Waals surface area contributed by atoms with Gasteiger partial charge in [-0.15, -0.1) is 0 Å². The number of carbonyl (C=O) groups is 2. The smallest absolute Gasteiger partial charge is 0.367 e. The van der Waals surface area contributed by atoms with Gasteiger partial charge in [0, 0.05) is 129 Å². The number of carbonyl (C=O) groups excluding carboxylic acids is 2. The molecule has 0 bridgehead atoms. The van der Waals surface area contributed by atoms with E-state index >= 15 is 0 Å². The van der Waals surface area contributed by atoms with Crippen molar-refractivity contribution < 1.29 is 35.9 Å². The quantitative estimate of drug-likeness (QED) is 0.0169. The van der Waals surface area contributed by atoms with Crippen LogP contribution < -0.4 is 42.5 Å². The van der Waals surface area contributed by atoms with Crippen molar-refractivity contribution in [1.29, 1.82) is 0 Å². The van der Waals surface area contributed by atoms with Crippen LogP contribution in [0.1, 0.15) is 86.5 Å². The lowest BCUT2D eigenvalue weighted by Gasteiger charge is -2.34. The number of halogens is 6. The summed E-state index contributed by atoms with van der Waals surface area (Å²) in [5, 5.41) is 36.5. The fraction of sp³-hybridized carbons (Fsp3) is 0.375. The van der Waals surface area contributed by atoms with E-state index in [0.29, 0.717) is 95.8 Å². The third-order valence-corrected chi connectivity index (χ3v) is 15.7. The van der Waals surface area contributed by atoms with Crippen molar-refractivity contribution in [2.24, 2.45) is 0 Å². The maximum absolute atomic E-state index is 13.7. The Balaban J connectivity index is 0.741. The number of aryl methyl sites for hydroxylation is 1. The van der Waals surface area contributed by atoms with Crippen molar-refractivity contribution in [1.82, 2.24) is 64.8 Å². The molecule has 2 amide bonds. The van der Waals surface area contributed by atoms with Crippen molar-refractivity contribution in [3.8, 4) is 11.6 Å². The highest BCUT2D eigenvalue weighted by molar-refractivity contribution is 6.05. The van der Waals surface area contributed by atoms with Gasteiger partial charge in [-0.2, -0.15) is 45.9 Å². The maximum Gasteiger partial charge on any atom is 0.416 e. The number of benzene rings is 4. The Morgan fingerprint density at radius 1 is 0.571 bits per heavy atom. The number of anilines is 8. The van der Waals surface area contributed by atoms with Crippen molar-refractivity contribution in [2.75, 3.05) is 105 Å². The predicted molar refractivity (Wildman–Crippen MR) is 338 cm³/mol. The first-order chi connectivity index (χ1) is 43.8. The molecule has 2 saturated carbocycles. The van der Waals surface area contributed by atoms with Crippen LogP contribution in [0.25, 0.3) is 11.6 Å². The van der Waals surface area contributed by atoms with E-state index in [-0.39, 0.29) is 11.1 Å². The molecule has 0 unspecified atom stereocenters. The summed E-state index contributed by atoms with van der Waals surface area (Å²) in [4.78, 5) is 51.7. The first-order valence-electron chi connectivity index (χ1n) is 30.4. The third-order valence-electron chi connectivity index (χ3n) is 15.7. The Kier molecular flexibility index (Phi) is 19.9. The van der Waals surface area contributed by atoms with Crippen LogP contribution in [0.5, 0.6) is 0 Å². The molecule has 8 aromatic rings. The summed E-state index contributed by atoms with van der Waals surface area (Å²) < 4.78 is 84.9. The minimum atomic E-state index is -4.62. The summed E-state index contributed by atoms with van der Waals surface area (Å²) in [5.41, 5.74) is 3.26. The van der Waals surface area contributed by atoms with Crippen LogP contribution in [0, 0.1) is 6.92 Å². The molecule has 91 heavy (non-hydrogen) atoms. The lowest BCUT2D eigenvalue weighted by molar-refractivity contribution is -0.138. The van der Waals surface area contributed by atoms with Gasteiger partial charge >= 0.3 is 12.4 Å². The van der Waals surface area contributed by atoms with E-state index in [1.807, 2.05) is 51.4 Å². The van der Waals surface area contributed by atoms with Gasteiger partial charge in [-0.1, -0.05) is 24.3 Å². The van der Waals surface area contributed by atoms with Crippen LogP contribution in [-0.4, -0.2) is 151 Å². The second-order valence-electron chi connectivity index (χ2n) is 23.4. The number of piperazine rings is 1. The zero-order valence-electron chi connectivity index (χ0n) is 50.7. The molecule has 0 radical (unpaired) electrons. The maximum atomic E-state index is 13.7. The van der Waals surface area contributed by atoms with Gasteiger partial charge in [0.1, 0.15) is 35.9 Å². The Morgan fingerprint density at radius 2 is 1.07 bits per heavy atom. The highest BCUT2D eigenvalue weighted by Crippen LogP contribution is 2.34. The SMILES string of the molecule is Cc1ccc(NC(=O)c2cccc(C(F)(F)F)c2)cc1Nc1cc(CNCCN2CCN(CCc3ccc(NC(=O)c4cccc(C(F)(F)F)c4)cc3Nc3cc(CNCCCN(C)C)nn3-c3cc(NC4CC4)ncn3)CC2)nn1-c1cc(NC2CC2)ncn1. The lowest BCUT2D eigenvalue weighted by Crippen LogP contribution is -2.48. The van der Waals surface area contributed by atoms with Gasteiger partial charge in [0.15, 0.2) is 11.6 Å². The number of nitrogens with one attached hydrogen (secondary N) is 8. The third kappa shape index (κ3) is 17.7. The van der Waals surface area contributed by atoms with Crippen LogP contribution >= 0.6 is 0 Å². The fourth-order valence-electron chi connectivity index (χ4n) is 10.4. The van der Waals surface area contributed by atoms with Crippen LogP contribution in [-0.2, 0) is 31.9 Å². The molecule has 3 fully saturated rings. The summed E-state index contributed by atoms with van der Waals surface area (Å²) in [7, 11) is 4.08. The average molecular weight is 1250 g/mol. The minimum Gasteiger partial charge on any atom is -0.367 e. The van der Waals surface area contributed by atoms with E-state index in [1.54, 1.807) is 39.7 Å². The summed E-state index contributed by atoms with van der Waals surface area (Å²) >= 11 is 0. The first kappa shape index (κ1) is 63.5. The topological polar surface area (TPSA) is 227 Å². The number of nitrogens with zero attached hydrogens (tertiary/aromatic N) is 11. The minimum absolute atomic E-state index is 0.125. The van der Waals surface area contributed by atoms with E-state index in [9.17, 15) is 35.9 Å². The van der Waals surface area contributed by atoms with Crippen LogP contribution in [0.2, 0.25) is 0 Å². The molecule has 5 heterocycles. The molecule has 3 aliphatic rings. The van der Waals surface area contributed by atoms with E-state index in [4.69, 9.17) is 10.2 Å². The van der Waals surface area contributed by atoms with E-state index in [0.717, 1.165) is 131 Å². The molecule has 11 rings (SSSR count). The highest BCUT2D eigenvalue weighted by Gasteiger charge is 2.33. The van der Waals surface area contributed by atoms with E-state index in [1.165, 1.54) is 36.9 Å². The molecule has 21 nitrogen and oxygen atoms in total. The Labute approximate surface area is 522 Å². The van der Waals surface area contributed by atoms with Gasteiger partial charge in [-0.25, -0.2) is 19.9 Å². The monoisotopic (exact) mass is 1250 g/mol.